The van der Waals surface area contributed by atoms with Gasteiger partial charge in [-0.15, -0.1) is 30.6 Å². The smallest absolute Gasteiger partial charge is 0.191 e. The van der Waals surface area contributed by atoms with E-state index in [0.29, 0.717) is 25.6 Å². The molecule has 0 aromatic heterocycles. The highest BCUT2D eigenvalue weighted by atomic mass is 127. The van der Waals surface area contributed by atoms with Gasteiger partial charge < -0.3 is 15.4 Å². The van der Waals surface area contributed by atoms with E-state index in [9.17, 15) is 8.42 Å². The van der Waals surface area contributed by atoms with E-state index in [1.54, 1.807) is 13.0 Å². The second kappa shape index (κ2) is 13.9. The Bertz CT molecular complexity index is 465. The van der Waals surface area contributed by atoms with Crippen molar-refractivity contribution >= 4 is 39.8 Å². The number of halogens is 1. The van der Waals surface area contributed by atoms with Crippen LogP contribution in [-0.2, 0) is 14.6 Å². The lowest BCUT2D eigenvalue weighted by Crippen LogP contribution is -2.40. The molecule has 1 aliphatic heterocycles. The third-order valence-corrected chi connectivity index (χ3v) is 5.27. The summed E-state index contributed by atoms with van der Waals surface area (Å²) in [5, 5.41) is 6.17. The summed E-state index contributed by atoms with van der Waals surface area (Å²) in [6.45, 7) is 11.6. The summed E-state index contributed by atoms with van der Waals surface area (Å²) in [4.78, 5) is 6.86. The summed E-state index contributed by atoms with van der Waals surface area (Å²) in [5.41, 5.74) is 0. The molecule has 1 aliphatic rings. The van der Waals surface area contributed by atoms with Gasteiger partial charge in [-0.1, -0.05) is 13.0 Å². The SMILES string of the molecule is C=CCNC(=NCCCN1CCOCC1)NCCS(=O)(=O)CC.I. The highest BCUT2D eigenvalue weighted by Gasteiger charge is 2.09. The molecule has 1 fully saturated rings. The van der Waals surface area contributed by atoms with Crippen LogP contribution in [0, 0.1) is 0 Å². The molecule has 142 valence electrons. The number of guanidine groups is 1. The third-order valence-electron chi connectivity index (χ3n) is 3.57. The second-order valence-corrected chi connectivity index (χ2v) is 7.84. The average molecular weight is 474 g/mol. The maximum atomic E-state index is 11.5. The van der Waals surface area contributed by atoms with E-state index in [2.05, 4.69) is 27.1 Å². The molecule has 0 amide bonds. The first kappa shape index (κ1) is 23.6. The van der Waals surface area contributed by atoms with Crippen LogP contribution in [0.3, 0.4) is 0 Å². The molecule has 0 aromatic rings. The molecule has 0 aliphatic carbocycles. The van der Waals surface area contributed by atoms with Gasteiger partial charge >= 0.3 is 0 Å². The standard InChI is InChI=1S/C15H30N4O3S.HI/c1-3-6-16-15(18-8-14-23(20,21)4-2)17-7-5-9-19-10-12-22-13-11-19;/h3H,1,4-14H2,2H3,(H2,16,17,18);1H. The Morgan fingerprint density at radius 3 is 2.67 bits per heavy atom. The lowest BCUT2D eigenvalue weighted by atomic mass is 10.3. The van der Waals surface area contributed by atoms with Crippen molar-refractivity contribution in [1.82, 2.24) is 15.5 Å². The van der Waals surface area contributed by atoms with E-state index in [-0.39, 0.29) is 35.5 Å². The Morgan fingerprint density at radius 2 is 2.04 bits per heavy atom. The molecule has 1 heterocycles. The summed E-state index contributed by atoms with van der Waals surface area (Å²) in [7, 11) is -2.96. The fraction of sp³-hybridized carbons (Fsp3) is 0.800. The Kier molecular flexibility index (Phi) is 13.6. The van der Waals surface area contributed by atoms with E-state index < -0.39 is 9.84 Å². The predicted molar refractivity (Wildman–Crippen MR) is 110 cm³/mol. The molecule has 0 aromatic carbocycles. The van der Waals surface area contributed by atoms with Gasteiger partial charge in [0.1, 0.15) is 0 Å². The first-order valence-electron chi connectivity index (χ1n) is 8.21. The highest BCUT2D eigenvalue weighted by Crippen LogP contribution is 1.98. The Balaban J connectivity index is 0.00000529. The predicted octanol–water partition coefficient (Wildman–Crippen LogP) is 0.483. The van der Waals surface area contributed by atoms with E-state index in [1.165, 1.54) is 0 Å². The number of hydrogen-bond donors (Lipinski definition) is 2. The quantitative estimate of drug-likeness (QED) is 0.158. The van der Waals surface area contributed by atoms with Gasteiger partial charge in [-0.3, -0.25) is 9.89 Å². The first-order valence-corrected chi connectivity index (χ1v) is 10.0. The molecular formula is C15H31IN4O3S. The van der Waals surface area contributed by atoms with Gasteiger partial charge in [-0.25, -0.2) is 8.42 Å². The number of morpholine rings is 1. The normalized spacial score (nSPS) is 16.3. The van der Waals surface area contributed by atoms with Crippen LogP contribution < -0.4 is 10.6 Å². The molecule has 1 rings (SSSR count). The lowest BCUT2D eigenvalue weighted by Gasteiger charge is -2.26. The molecule has 7 nitrogen and oxygen atoms in total. The number of sulfone groups is 1. The van der Waals surface area contributed by atoms with Crippen molar-refractivity contribution in [3.8, 4) is 0 Å². The fourth-order valence-corrected chi connectivity index (χ4v) is 2.82. The van der Waals surface area contributed by atoms with E-state index in [0.717, 1.165) is 39.3 Å². The van der Waals surface area contributed by atoms with Crippen molar-refractivity contribution in [2.45, 2.75) is 13.3 Å². The molecule has 0 spiro atoms. The molecule has 1 saturated heterocycles. The number of aliphatic imine (C=N–C) groups is 1. The molecule has 24 heavy (non-hydrogen) atoms. The summed E-state index contributed by atoms with van der Waals surface area (Å²) < 4.78 is 28.3. The average Bonchev–Trinajstić information content (AvgIpc) is 2.56. The third kappa shape index (κ3) is 11.2. The zero-order valence-electron chi connectivity index (χ0n) is 14.5. The Morgan fingerprint density at radius 1 is 1.33 bits per heavy atom. The lowest BCUT2D eigenvalue weighted by molar-refractivity contribution is 0.0377. The van der Waals surface area contributed by atoms with E-state index >= 15 is 0 Å². The van der Waals surface area contributed by atoms with Crippen molar-refractivity contribution in [3.05, 3.63) is 12.7 Å². The summed E-state index contributed by atoms with van der Waals surface area (Å²) >= 11 is 0. The zero-order valence-corrected chi connectivity index (χ0v) is 17.6. The van der Waals surface area contributed by atoms with Crippen molar-refractivity contribution < 1.29 is 13.2 Å². The number of nitrogens with zero attached hydrogens (tertiary/aromatic N) is 2. The van der Waals surface area contributed by atoms with Crippen molar-refractivity contribution in [1.29, 1.82) is 0 Å². The Hall–Kier alpha value is -0.390. The summed E-state index contributed by atoms with van der Waals surface area (Å²) in [5.74, 6) is 0.922. The van der Waals surface area contributed by atoms with Gasteiger partial charge in [0.05, 0.1) is 19.0 Å². The van der Waals surface area contributed by atoms with Crippen molar-refractivity contribution in [2.75, 3.05) is 64.0 Å². The molecule has 0 atom stereocenters. The molecular weight excluding hydrogens is 443 g/mol. The summed E-state index contributed by atoms with van der Waals surface area (Å²) in [6.07, 6.45) is 2.71. The van der Waals surface area contributed by atoms with E-state index in [4.69, 9.17) is 4.74 Å². The van der Waals surface area contributed by atoms with Crippen molar-refractivity contribution in [2.24, 2.45) is 4.99 Å². The van der Waals surface area contributed by atoms with Crippen LogP contribution in [-0.4, -0.2) is 83.3 Å². The van der Waals surface area contributed by atoms with Gasteiger partial charge in [-0.2, -0.15) is 0 Å². The number of ether oxygens (including phenoxy) is 1. The molecule has 0 bridgehead atoms. The van der Waals surface area contributed by atoms with Crippen LogP contribution in [0.2, 0.25) is 0 Å². The number of nitrogens with one attached hydrogen (secondary N) is 2. The van der Waals surface area contributed by atoms with Crippen LogP contribution in [0.25, 0.3) is 0 Å². The monoisotopic (exact) mass is 474 g/mol. The van der Waals surface area contributed by atoms with Crippen LogP contribution in [0.4, 0.5) is 0 Å². The van der Waals surface area contributed by atoms with E-state index in [1.807, 2.05) is 0 Å². The van der Waals surface area contributed by atoms with Gasteiger partial charge in [0.25, 0.3) is 0 Å². The minimum Gasteiger partial charge on any atom is -0.379 e. The van der Waals surface area contributed by atoms with Crippen molar-refractivity contribution in [3.63, 3.8) is 0 Å². The fourth-order valence-electron chi connectivity index (χ4n) is 2.12. The minimum atomic E-state index is -2.96. The molecule has 2 N–H and O–H groups in total. The second-order valence-electron chi connectivity index (χ2n) is 5.37. The van der Waals surface area contributed by atoms with Crippen LogP contribution >= 0.6 is 24.0 Å². The van der Waals surface area contributed by atoms with Crippen LogP contribution in [0.1, 0.15) is 13.3 Å². The molecule has 9 heteroatoms. The first-order chi connectivity index (χ1) is 11.1. The minimum absolute atomic E-state index is 0. The number of rotatable bonds is 10. The topological polar surface area (TPSA) is 83.0 Å². The van der Waals surface area contributed by atoms with Crippen LogP contribution in [0.15, 0.2) is 17.6 Å². The maximum absolute atomic E-state index is 11.5. The largest absolute Gasteiger partial charge is 0.379 e. The maximum Gasteiger partial charge on any atom is 0.191 e. The zero-order chi connectivity index (χ0) is 17.0. The molecule has 0 radical (unpaired) electrons. The van der Waals surface area contributed by atoms with Crippen LogP contribution in [0.5, 0.6) is 0 Å². The number of hydrogen-bond acceptors (Lipinski definition) is 5. The summed E-state index contributed by atoms with van der Waals surface area (Å²) in [6, 6.07) is 0. The van der Waals surface area contributed by atoms with Gasteiger partial charge in [0.15, 0.2) is 15.8 Å². The van der Waals surface area contributed by atoms with Gasteiger partial charge in [0, 0.05) is 45.0 Å². The highest BCUT2D eigenvalue weighted by molar-refractivity contribution is 14.0. The molecule has 0 saturated carbocycles. The van der Waals surface area contributed by atoms with Gasteiger partial charge in [0.2, 0.25) is 0 Å². The Labute approximate surface area is 163 Å². The molecule has 0 unspecified atom stereocenters. The van der Waals surface area contributed by atoms with Gasteiger partial charge in [-0.05, 0) is 6.42 Å².